The molecule has 3 N–H and O–H groups in total. The number of amides is 5. The Bertz CT molecular complexity index is 1470. The number of hydrogen-bond donors (Lipinski definition) is 3. The van der Waals surface area contributed by atoms with Crippen molar-refractivity contribution in [1.29, 1.82) is 0 Å². The molecule has 2 atom stereocenters. The van der Waals surface area contributed by atoms with Gasteiger partial charge in [0.25, 0.3) is 0 Å². The van der Waals surface area contributed by atoms with Gasteiger partial charge in [0, 0.05) is 64.1 Å². The van der Waals surface area contributed by atoms with E-state index in [-0.39, 0.29) is 41.6 Å². The first-order valence-corrected chi connectivity index (χ1v) is 18.0. The smallest absolute Gasteiger partial charge is 0.408 e. The summed E-state index contributed by atoms with van der Waals surface area (Å²) in [6.45, 7) is 18.3. The summed E-state index contributed by atoms with van der Waals surface area (Å²) < 4.78 is 12.4. The third kappa shape index (κ3) is 9.67. The minimum absolute atomic E-state index is 0.0741. The Labute approximate surface area is 294 Å². The summed E-state index contributed by atoms with van der Waals surface area (Å²) in [5.41, 5.74) is -2.75. The molecular weight excluding hydrogens is 644 g/mol. The van der Waals surface area contributed by atoms with Crippen LogP contribution in [0.1, 0.15) is 87.1 Å². The van der Waals surface area contributed by atoms with Crippen LogP contribution in [-0.4, -0.2) is 117 Å². The van der Waals surface area contributed by atoms with Gasteiger partial charge in [0.1, 0.15) is 22.6 Å². The van der Waals surface area contributed by atoms with E-state index in [4.69, 9.17) is 9.47 Å². The topological polar surface area (TPSA) is 167 Å². The lowest BCUT2D eigenvalue weighted by Crippen LogP contribution is -2.60. The molecule has 0 aromatic carbocycles. The number of urea groups is 1. The van der Waals surface area contributed by atoms with E-state index in [1.54, 1.807) is 61.2 Å². The van der Waals surface area contributed by atoms with Crippen LogP contribution in [0.3, 0.4) is 0 Å². The average Bonchev–Trinajstić information content (AvgIpc) is 3.42. The van der Waals surface area contributed by atoms with Crippen LogP contribution in [0.4, 0.5) is 20.2 Å². The Morgan fingerprint density at radius 3 is 1.94 bits per heavy atom. The van der Waals surface area contributed by atoms with Gasteiger partial charge in [0.2, 0.25) is 5.91 Å². The van der Waals surface area contributed by atoms with Crippen LogP contribution in [0.5, 0.6) is 0 Å². The van der Waals surface area contributed by atoms with Gasteiger partial charge in [-0.05, 0) is 105 Å². The first-order valence-electron chi connectivity index (χ1n) is 18.0. The van der Waals surface area contributed by atoms with Crippen molar-refractivity contribution in [2.24, 2.45) is 17.8 Å². The number of rotatable bonds is 7. The van der Waals surface area contributed by atoms with E-state index in [0.29, 0.717) is 43.9 Å². The molecule has 5 amide bonds. The second-order valence-corrected chi connectivity index (χ2v) is 16.9. The van der Waals surface area contributed by atoms with Gasteiger partial charge in [-0.15, -0.1) is 0 Å². The van der Waals surface area contributed by atoms with E-state index < -0.39 is 22.8 Å². The molecule has 278 valence electrons. The van der Waals surface area contributed by atoms with Crippen molar-refractivity contribution in [3.05, 3.63) is 22.7 Å². The fourth-order valence-electron chi connectivity index (χ4n) is 7.46. The highest BCUT2D eigenvalue weighted by Crippen LogP contribution is 2.46. The second-order valence-electron chi connectivity index (χ2n) is 16.9. The number of nitrogens with zero attached hydrogens (tertiary/aromatic N) is 5. The van der Waals surface area contributed by atoms with Crippen LogP contribution in [0.25, 0.3) is 0 Å². The van der Waals surface area contributed by atoms with E-state index in [9.17, 15) is 24.0 Å². The number of ether oxygens (including phenoxy) is 2. The summed E-state index contributed by atoms with van der Waals surface area (Å²) in [6.07, 6.45) is 4.58. The van der Waals surface area contributed by atoms with Crippen molar-refractivity contribution in [1.82, 2.24) is 34.9 Å². The Balaban J connectivity index is 1.01. The molecule has 3 heterocycles. The zero-order chi connectivity index (χ0) is 36.6. The van der Waals surface area contributed by atoms with Crippen LogP contribution in [0, 0.1) is 17.8 Å². The van der Waals surface area contributed by atoms with Gasteiger partial charge in [-0.25, -0.2) is 19.2 Å². The summed E-state index contributed by atoms with van der Waals surface area (Å²) in [5.74, 6) is 1.51. The van der Waals surface area contributed by atoms with Crippen molar-refractivity contribution in [3.8, 4) is 0 Å². The van der Waals surface area contributed by atoms with Crippen molar-refractivity contribution in [2.45, 2.75) is 110 Å². The van der Waals surface area contributed by atoms with Crippen molar-refractivity contribution >= 4 is 29.9 Å². The molecule has 0 bridgehead atoms. The third-order valence-electron chi connectivity index (χ3n) is 9.95. The Morgan fingerprint density at radius 2 is 1.38 bits per heavy atom. The molecule has 2 saturated heterocycles. The maximum absolute atomic E-state index is 13.1. The standard InChI is InChI=1S/C35H56N8O7/c1-33(2,3)49-31(47)38-27-24-20-40(21-25(24)27)19-22-9-11-23(12-10-22)43-14-13-26(37-30(43)46)36-29(45)42-17-15-41(16-18-42)28(44)35(7,8)39-32(48)50-34(4,5)6/h13-14,22-25,27H,9-12,15-21H2,1-8H3,(H,38,47)(H,39,48)(H,36,37,45,46)/t22-,23-,24?,25?,27?. The van der Waals surface area contributed by atoms with Gasteiger partial charge in [0.15, 0.2) is 0 Å². The van der Waals surface area contributed by atoms with E-state index in [1.807, 2.05) is 20.8 Å². The summed E-state index contributed by atoms with van der Waals surface area (Å²) in [4.78, 5) is 73.4. The van der Waals surface area contributed by atoms with Crippen LogP contribution in [0.2, 0.25) is 0 Å². The number of hydrogen-bond acceptors (Lipinski definition) is 9. The first-order chi connectivity index (χ1) is 23.3. The molecule has 50 heavy (non-hydrogen) atoms. The fourth-order valence-corrected chi connectivity index (χ4v) is 7.46. The lowest BCUT2D eigenvalue weighted by molar-refractivity contribution is -0.138. The maximum Gasteiger partial charge on any atom is 0.408 e. The molecule has 2 aliphatic carbocycles. The third-order valence-corrected chi connectivity index (χ3v) is 9.95. The minimum Gasteiger partial charge on any atom is -0.444 e. The molecule has 2 aliphatic heterocycles. The van der Waals surface area contributed by atoms with Gasteiger partial charge in [-0.1, -0.05) is 0 Å². The number of likely N-dealkylation sites (tertiary alicyclic amines) is 1. The number of fused-ring (bicyclic) bond motifs is 1. The molecule has 5 rings (SSSR count). The van der Waals surface area contributed by atoms with Crippen LogP contribution < -0.4 is 21.6 Å². The van der Waals surface area contributed by atoms with Gasteiger partial charge in [-0.3, -0.25) is 14.7 Å². The summed E-state index contributed by atoms with van der Waals surface area (Å²) in [7, 11) is 0. The average molecular weight is 701 g/mol. The number of aromatic nitrogens is 2. The number of alkyl carbamates (subject to hydrolysis) is 2. The largest absolute Gasteiger partial charge is 0.444 e. The van der Waals surface area contributed by atoms with Gasteiger partial charge < -0.3 is 34.8 Å². The van der Waals surface area contributed by atoms with Crippen LogP contribution in [-0.2, 0) is 14.3 Å². The highest BCUT2D eigenvalue weighted by Gasteiger charge is 2.56. The van der Waals surface area contributed by atoms with Crippen molar-refractivity contribution < 1.29 is 28.7 Å². The Kier molecular flexibility index (Phi) is 10.8. The second kappa shape index (κ2) is 14.4. The number of nitrogens with one attached hydrogen (secondary N) is 3. The predicted octanol–water partition coefficient (Wildman–Crippen LogP) is 3.41. The summed E-state index contributed by atoms with van der Waals surface area (Å²) >= 11 is 0. The molecule has 15 nitrogen and oxygen atoms in total. The van der Waals surface area contributed by atoms with E-state index in [2.05, 4.69) is 25.8 Å². The molecule has 2 saturated carbocycles. The number of anilines is 1. The quantitative estimate of drug-likeness (QED) is 0.386. The first kappa shape index (κ1) is 37.4. The SMILES string of the molecule is CC(C)(C)OC(=O)NC1C2CN(C[C@H]3CC[C@H](n4ccc(NC(=O)N5CCN(C(=O)C(C)(C)NC(=O)OC(C)(C)C)CC5)nc4=O)CC3)CC21. The van der Waals surface area contributed by atoms with E-state index >= 15 is 0 Å². The van der Waals surface area contributed by atoms with E-state index in [1.165, 1.54) is 0 Å². The predicted molar refractivity (Wildman–Crippen MR) is 187 cm³/mol. The highest BCUT2D eigenvalue weighted by atomic mass is 16.6. The molecule has 0 spiro atoms. The van der Waals surface area contributed by atoms with Gasteiger partial charge in [-0.2, -0.15) is 4.98 Å². The number of carbonyl (C=O) groups is 4. The monoisotopic (exact) mass is 700 g/mol. The molecule has 15 heteroatoms. The molecular formula is C35H56N8O7. The highest BCUT2D eigenvalue weighted by molar-refractivity contribution is 5.90. The van der Waals surface area contributed by atoms with Gasteiger partial charge in [0.05, 0.1) is 0 Å². The molecule has 4 aliphatic rings. The summed E-state index contributed by atoms with van der Waals surface area (Å²) in [6, 6.07) is 1.57. The lowest BCUT2D eigenvalue weighted by atomic mass is 9.85. The minimum atomic E-state index is -1.18. The Hall–Kier alpha value is -3.88. The number of carbonyl (C=O) groups excluding carboxylic acids is 4. The van der Waals surface area contributed by atoms with Gasteiger partial charge >= 0.3 is 23.9 Å². The molecule has 1 aromatic rings. The fraction of sp³-hybridized carbons (Fsp3) is 0.771. The van der Waals surface area contributed by atoms with E-state index in [0.717, 1.165) is 45.3 Å². The maximum atomic E-state index is 13.1. The lowest BCUT2D eigenvalue weighted by Gasteiger charge is -2.38. The zero-order valence-corrected chi connectivity index (χ0v) is 30.9. The number of piperidine rings is 1. The van der Waals surface area contributed by atoms with Crippen molar-refractivity contribution in [3.63, 3.8) is 0 Å². The zero-order valence-electron chi connectivity index (χ0n) is 30.9. The van der Waals surface area contributed by atoms with Crippen LogP contribution in [0.15, 0.2) is 17.1 Å². The number of piperazine rings is 1. The Morgan fingerprint density at radius 1 is 0.820 bits per heavy atom. The molecule has 1 aromatic heterocycles. The summed E-state index contributed by atoms with van der Waals surface area (Å²) in [5, 5.41) is 8.41. The van der Waals surface area contributed by atoms with Crippen molar-refractivity contribution in [2.75, 3.05) is 51.1 Å². The molecule has 2 unspecified atom stereocenters. The van der Waals surface area contributed by atoms with Crippen LogP contribution >= 0.6 is 0 Å². The normalized spacial score (nSPS) is 25.7. The molecule has 0 radical (unpaired) electrons. The molecule has 4 fully saturated rings.